The van der Waals surface area contributed by atoms with E-state index in [0.717, 1.165) is 0 Å². The van der Waals surface area contributed by atoms with Gasteiger partial charge in [0.25, 0.3) is 0 Å². The number of rotatable bonds is 2. The molecule has 0 saturated heterocycles. The Kier molecular flexibility index (Phi) is 3.28. The quantitative estimate of drug-likeness (QED) is 0.740. The molecule has 0 atom stereocenters. The molecule has 4 rings (SSSR count). The molecule has 0 spiro atoms. The number of hydrogen-bond acceptors (Lipinski definition) is 6. The molecule has 0 aromatic heterocycles. The molecule has 2 aromatic rings. The number of β-amino-alcohol motifs (C(OH)–C–C–N with tert-alkyl or cyclic N) is 1. The van der Waals surface area contributed by atoms with Gasteiger partial charge in [0, 0.05) is 17.7 Å². The van der Waals surface area contributed by atoms with Crippen LogP contribution in [0, 0.1) is 0 Å². The predicted molar refractivity (Wildman–Crippen MR) is 86.2 cm³/mol. The van der Waals surface area contributed by atoms with Crippen LogP contribution in [0.5, 0.6) is 11.5 Å². The van der Waals surface area contributed by atoms with E-state index in [9.17, 15) is 19.8 Å². The Bertz CT molecular complexity index is 874. The molecule has 0 fully saturated rings. The van der Waals surface area contributed by atoms with Crippen molar-refractivity contribution in [3.8, 4) is 11.5 Å². The first kappa shape index (κ1) is 14.7. The maximum atomic E-state index is 13.0. The third-order valence-corrected chi connectivity index (χ3v) is 4.44. The average Bonchev–Trinajstić information content (AvgIpc) is 2.59. The molecule has 2 aliphatic rings. The van der Waals surface area contributed by atoms with E-state index in [1.807, 2.05) is 4.90 Å². The highest BCUT2D eigenvalue weighted by molar-refractivity contribution is 6.30. The van der Waals surface area contributed by atoms with Crippen molar-refractivity contribution in [1.82, 2.24) is 0 Å². The molecule has 122 valence electrons. The normalized spacial score (nSPS) is 15.5. The van der Waals surface area contributed by atoms with Gasteiger partial charge in [0.1, 0.15) is 12.4 Å². The minimum Gasteiger partial charge on any atom is -0.507 e. The monoisotopic (exact) mass is 325 g/mol. The average molecular weight is 325 g/mol. The van der Waals surface area contributed by atoms with Gasteiger partial charge in [0.2, 0.25) is 5.78 Å². The maximum absolute atomic E-state index is 13.0. The molecule has 2 aromatic carbocycles. The molecule has 1 heterocycles. The zero-order valence-electron chi connectivity index (χ0n) is 12.8. The second kappa shape index (κ2) is 5.35. The number of carbonyl (C=O) groups excluding carboxylic acids is 2. The summed E-state index contributed by atoms with van der Waals surface area (Å²) in [4.78, 5) is 27.6. The van der Waals surface area contributed by atoms with E-state index in [1.54, 1.807) is 18.2 Å². The van der Waals surface area contributed by atoms with Crippen molar-refractivity contribution in [2.75, 3.05) is 31.2 Å². The number of anilines is 1. The van der Waals surface area contributed by atoms with Crippen molar-refractivity contribution < 1.29 is 24.5 Å². The van der Waals surface area contributed by atoms with E-state index in [0.29, 0.717) is 31.1 Å². The van der Waals surface area contributed by atoms with Crippen molar-refractivity contribution in [2.45, 2.75) is 0 Å². The van der Waals surface area contributed by atoms with Crippen LogP contribution in [0.2, 0.25) is 0 Å². The van der Waals surface area contributed by atoms with Crippen molar-refractivity contribution in [1.29, 1.82) is 0 Å². The van der Waals surface area contributed by atoms with Gasteiger partial charge in [-0.15, -0.1) is 0 Å². The Morgan fingerprint density at radius 2 is 1.83 bits per heavy atom. The number of ether oxygens (including phenoxy) is 1. The summed E-state index contributed by atoms with van der Waals surface area (Å²) in [6.07, 6.45) is 0. The maximum Gasteiger partial charge on any atom is 0.202 e. The van der Waals surface area contributed by atoms with Crippen molar-refractivity contribution in [3.63, 3.8) is 0 Å². The summed E-state index contributed by atoms with van der Waals surface area (Å²) < 4.78 is 5.69. The third-order valence-electron chi connectivity index (χ3n) is 4.44. The predicted octanol–water partition coefficient (Wildman–Crippen LogP) is 1.36. The number of phenolic OH excluding ortho intramolecular Hbond substituents is 1. The number of aliphatic hydroxyl groups excluding tert-OH is 1. The Morgan fingerprint density at radius 1 is 1.04 bits per heavy atom. The zero-order chi connectivity index (χ0) is 16.8. The van der Waals surface area contributed by atoms with E-state index >= 15 is 0 Å². The van der Waals surface area contributed by atoms with Crippen molar-refractivity contribution >= 4 is 17.3 Å². The Labute approximate surface area is 137 Å². The number of phenols is 1. The number of fused-ring (bicyclic) bond motifs is 4. The van der Waals surface area contributed by atoms with E-state index < -0.39 is 5.78 Å². The number of carbonyl (C=O) groups is 2. The molecule has 0 saturated carbocycles. The lowest BCUT2D eigenvalue weighted by Crippen LogP contribution is -2.36. The van der Waals surface area contributed by atoms with Gasteiger partial charge in [-0.2, -0.15) is 0 Å². The van der Waals surface area contributed by atoms with Crippen LogP contribution in [0.1, 0.15) is 31.8 Å². The molecule has 0 unspecified atom stereocenters. The first-order valence-electron chi connectivity index (χ1n) is 7.70. The van der Waals surface area contributed by atoms with Crippen LogP contribution in [0.25, 0.3) is 0 Å². The van der Waals surface area contributed by atoms with Gasteiger partial charge in [-0.25, -0.2) is 0 Å². The number of ketones is 2. The van der Waals surface area contributed by atoms with E-state index in [4.69, 9.17) is 4.74 Å². The molecule has 1 aliphatic carbocycles. The van der Waals surface area contributed by atoms with Crippen molar-refractivity contribution in [3.05, 3.63) is 52.6 Å². The number of hydrogen-bond donors (Lipinski definition) is 2. The molecular weight excluding hydrogens is 310 g/mol. The molecule has 6 heteroatoms. The number of nitrogens with zero attached hydrogens (tertiary/aromatic N) is 1. The Hall–Kier alpha value is -2.86. The van der Waals surface area contributed by atoms with Gasteiger partial charge in [-0.3, -0.25) is 9.59 Å². The molecule has 1 aliphatic heterocycles. The molecule has 0 amide bonds. The van der Waals surface area contributed by atoms with Gasteiger partial charge in [-0.05, 0) is 18.2 Å². The smallest absolute Gasteiger partial charge is 0.202 e. The lowest BCUT2D eigenvalue weighted by Gasteiger charge is -2.33. The third kappa shape index (κ3) is 1.93. The summed E-state index contributed by atoms with van der Waals surface area (Å²) in [6, 6.07) is 7.82. The van der Waals surface area contributed by atoms with Crippen LogP contribution in [-0.4, -0.2) is 48.1 Å². The lowest BCUT2D eigenvalue weighted by atomic mass is 9.82. The second-order valence-electron chi connectivity index (χ2n) is 5.75. The fraction of sp³-hybridized carbons (Fsp3) is 0.222. The molecule has 2 N–H and O–H groups in total. The highest BCUT2D eigenvalue weighted by Gasteiger charge is 2.37. The summed E-state index contributed by atoms with van der Waals surface area (Å²) in [5.41, 5.74) is 1.37. The van der Waals surface area contributed by atoms with Crippen LogP contribution in [0.3, 0.4) is 0 Å². The molecular formula is C18H15NO5. The summed E-state index contributed by atoms with van der Waals surface area (Å²) in [7, 11) is 0. The van der Waals surface area contributed by atoms with Gasteiger partial charge in [0.05, 0.1) is 30.0 Å². The highest BCUT2D eigenvalue weighted by Crippen LogP contribution is 2.42. The number of aromatic hydroxyl groups is 1. The first-order chi connectivity index (χ1) is 11.6. The Morgan fingerprint density at radius 3 is 2.62 bits per heavy atom. The fourth-order valence-corrected chi connectivity index (χ4v) is 3.35. The summed E-state index contributed by atoms with van der Waals surface area (Å²) >= 11 is 0. The fourth-order valence-electron chi connectivity index (χ4n) is 3.35. The minimum atomic E-state index is -0.416. The molecule has 0 radical (unpaired) electrons. The topological polar surface area (TPSA) is 87.1 Å². The van der Waals surface area contributed by atoms with Gasteiger partial charge >= 0.3 is 0 Å². The number of benzene rings is 2. The number of aliphatic hydroxyl groups is 1. The largest absolute Gasteiger partial charge is 0.507 e. The second-order valence-corrected chi connectivity index (χ2v) is 5.75. The van der Waals surface area contributed by atoms with E-state index in [2.05, 4.69) is 0 Å². The van der Waals surface area contributed by atoms with Crippen molar-refractivity contribution in [2.24, 2.45) is 0 Å². The summed E-state index contributed by atoms with van der Waals surface area (Å²) in [5.74, 6) is -0.585. The molecule has 0 bridgehead atoms. The highest BCUT2D eigenvalue weighted by atomic mass is 16.5. The lowest BCUT2D eigenvalue weighted by molar-refractivity contribution is 0.0973. The van der Waals surface area contributed by atoms with E-state index in [1.165, 1.54) is 12.1 Å². The first-order valence-corrected chi connectivity index (χ1v) is 7.70. The molecule has 24 heavy (non-hydrogen) atoms. The SMILES string of the molecule is O=C1c2cccc(O)c2C(=O)c2c1ccc1c2OCCN1CCO. The van der Waals surface area contributed by atoms with E-state index in [-0.39, 0.29) is 40.4 Å². The van der Waals surface area contributed by atoms with Crippen LogP contribution < -0.4 is 9.64 Å². The van der Waals surface area contributed by atoms with Crippen LogP contribution >= 0.6 is 0 Å². The Balaban J connectivity index is 1.95. The van der Waals surface area contributed by atoms with Gasteiger partial charge < -0.3 is 19.8 Å². The minimum absolute atomic E-state index is 0.0197. The zero-order valence-corrected chi connectivity index (χ0v) is 12.8. The van der Waals surface area contributed by atoms with Crippen LogP contribution in [0.4, 0.5) is 5.69 Å². The molecule has 6 nitrogen and oxygen atoms in total. The van der Waals surface area contributed by atoms with Crippen LogP contribution in [-0.2, 0) is 0 Å². The summed E-state index contributed by atoms with van der Waals surface area (Å²) in [5, 5.41) is 19.3. The van der Waals surface area contributed by atoms with Gasteiger partial charge in [-0.1, -0.05) is 12.1 Å². The van der Waals surface area contributed by atoms with Crippen LogP contribution in [0.15, 0.2) is 30.3 Å². The summed E-state index contributed by atoms with van der Waals surface area (Å²) in [6.45, 7) is 1.35. The standard InChI is InChI=1S/C18H15NO5/c20-8-6-19-7-9-24-18-12(19)5-4-11-15(18)17(23)14-10(16(11)22)2-1-3-13(14)21/h1-5,20-21H,6-9H2. The van der Waals surface area contributed by atoms with Gasteiger partial charge in [0.15, 0.2) is 11.5 Å².